The first kappa shape index (κ1) is 15.8. The molecule has 0 spiro atoms. The summed E-state index contributed by atoms with van der Waals surface area (Å²) in [6, 6.07) is 9.72. The molecular formula is C14H11Cl3N2O2. The van der Waals surface area contributed by atoms with Gasteiger partial charge in [0.25, 0.3) is 5.91 Å². The highest BCUT2D eigenvalue weighted by atomic mass is 35.5. The van der Waals surface area contributed by atoms with Gasteiger partial charge in [-0.2, -0.15) is 0 Å². The highest BCUT2D eigenvalue weighted by Gasteiger charge is 2.10. The lowest BCUT2D eigenvalue weighted by Crippen LogP contribution is -2.20. The van der Waals surface area contributed by atoms with Crippen LogP contribution in [0.2, 0.25) is 15.1 Å². The molecular weight excluding hydrogens is 335 g/mol. The Morgan fingerprint density at radius 1 is 1.14 bits per heavy atom. The SMILES string of the molecule is Nc1ccc(Cl)c(NC(=O)COc2cccc(Cl)c2Cl)c1. The van der Waals surface area contributed by atoms with Crippen LogP contribution in [0.25, 0.3) is 0 Å². The number of rotatable bonds is 4. The molecule has 0 fully saturated rings. The van der Waals surface area contributed by atoms with E-state index in [0.717, 1.165) is 0 Å². The highest BCUT2D eigenvalue weighted by molar-refractivity contribution is 6.42. The summed E-state index contributed by atoms with van der Waals surface area (Å²) in [6.07, 6.45) is 0. The monoisotopic (exact) mass is 344 g/mol. The fourth-order valence-corrected chi connectivity index (χ4v) is 2.07. The summed E-state index contributed by atoms with van der Waals surface area (Å²) in [4.78, 5) is 11.8. The number of amides is 1. The molecule has 110 valence electrons. The van der Waals surface area contributed by atoms with Crippen LogP contribution in [0.1, 0.15) is 0 Å². The quantitative estimate of drug-likeness (QED) is 0.814. The van der Waals surface area contributed by atoms with Crippen LogP contribution in [0.5, 0.6) is 5.75 Å². The maximum atomic E-state index is 11.8. The van der Waals surface area contributed by atoms with Crippen molar-refractivity contribution in [2.45, 2.75) is 0 Å². The normalized spacial score (nSPS) is 10.2. The number of hydrogen-bond donors (Lipinski definition) is 2. The molecule has 0 unspecified atom stereocenters. The van der Waals surface area contributed by atoms with Crippen molar-refractivity contribution in [2.24, 2.45) is 0 Å². The molecule has 0 aliphatic heterocycles. The van der Waals surface area contributed by atoms with Gasteiger partial charge in [-0.1, -0.05) is 40.9 Å². The number of carbonyl (C=O) groups is 1. The summed E-state index contributed by atoms with van der Waals surface area (Å²) in [5.41, 5.74) is 6.54. The van der Waals surface area contributed by atoms with Crippen LogP contribution < -0.4 is 15.8 Å². The van der Waals surface area contributed by atoms with E-state index in [1.807, 2.05) is 0 Å². The average Bonchev–Trinajstić information content (AvgIpc) is 2.44. The maximum Gasteiger partial charge on any atom is 0.262 e. The third-order valence-electron chi connectivity index (χ3n) is 2.54. The van der Waals surface area contributed by atoms with E-state index < -0.39 is 5.91 Å². The number of nitrogen functional groups attached to an aromatic ring is 1. The van der Waals surface area contributed by atoms with Gasteiger partial charge < -0.3 is 15.8 Å². The van der Waals surface area contributed by atoms with Gasteiger partial charge in [-0.25, -0.2) is 0 Å². The molecule has 0 bridgehead atoms. The summed E-state index contributed by atoms with van der Waals surface area (Å²) in [5, 5.41) is 3.60. The largest absolute Gasteiger partial charge is 0.482 e. The van der Waals surface area contributed by atoms with Gasteiger partial charge in [0.1, 0.15) is 10.8 Å². The topological polar surface area (TPSA) is 64.3 Å². The van der Waals surface area contributed by atoms with Crippen LogP contribution in [0.3, 0.4) is 0 Å². The Bertz CT molecular complexity index is 677. The second-order valence-electron chi connectivity index (χ2n) is 4.13. The molecule has 2 aromatic carbocycles. The molecule has 4 nitrogen and oxygen atoms in total. The van der Waals surface area contributed by atoms with Crippen molar-refractivity contribution < 1.29 is 9.53 Å². The molecule has 0 atom stereocenters. The van der Waals surface area contributed by atoms with E-state index in [1.165, 1.54) is 0 Å². The van der Waals surface area contributed by atoms with Crippen LogP contribution >= 0.6 is 34.8 Å². The lowest BCUT2D eigenvalue weighted by Gasteiger charge is -2.10. The third-order valence-corrected chi connectivity index (χ3v) is 3.67. The predicted octanol–water partition coefficient (Wildman–Crippen LogP) is 4.25. The predicted molar refractivity (Wildman–Crippen MR) is 86.5 cm³/mol. The smallest absolute Gasteiger partial charge is 0.262 e. The first-order valence-electron chi connectivity index (χ1n) is 5.89. The molecule has 2 aromatic rings. The van der Waals surface area contributed by atoms with Crippen LogP contribution in [0.15, 0.2) is 36.4 Å². The standard InChI is InChI=1S/C14H11Cl3N2O2/c15-9-5-4-8(18)6-11(9)19-13(20)7-21-12-3-1-2-10(16)14(12)17/h1-6H,7,18H2,(H,19,20). The Labute approximate surface area is 136 Å². The van der Waals surface area contributed by atoms with Crippen LogP contribution in [0.4, 0.5) is 11.4 Å². The first-order valence-corrected chi connectivity index (χ1v) is 7.02. The van der Waals surface area contributed by atoms with Crippen molar-refractivity contribution in [3.05, 3.63) is 51.5 Å². The number of carbonyl (C=O) groups excluding carboxylic acids is 1. The molecule has 1 amide bonds. The van der Waals surface area contributed by atoms with Crippen LogP contribution in [-0.4, -0.2) is 12.5 Å². The molecule has 0 saturated carbocycles. The van der Waals surface area contributed by atoms with E-state index in [2.05, 4.69) is 5.32 Å². The van der Waals surface area contributed by atoms with E-state index in [9.17, 15) is 4.79 Å². The molecule has 0 aliphatic carbocycles. The highest BCUT2D eigenvalue weighted by Crippen LogP contribution is 2.31. The third kappa shape index (κ3) is 4.17. The zero-order valence-corrected chi connectivity index (χ0v) is 13.0. The summed E-state index contributed by atoms with van der Waals surface area (Å²) in [7, 11) is 0. The molecule has 0 heterocycles. The molecule has 2 rings (SSSR count). The van der Waals surface area contributed by atoms with Gasteiger partial charge in [0, 0.05) is 5.69 Å². The van der Waals surface area contributed by atoms with Crippen molar-refractivity contribution in [3.8, 4) is 5.75 Å². The average molecular weight is 346 g/mol. The van der Waals surface area contributed by atoms with Crippen LogP contribution in [0, 0.1) is 0 Å². The second kappa shape index (κ2) is 6.89. The van der Waals surface area contributed by atoms with Gasteiger partial charge >= 0.3 is 0 Å². The van der Waals surface area contributed by atoms with E-state index >= 15 is 0 Å². The summed E-state index contributed by atoms with van der Waals surface area (Å²) in [6.45, 7) is -0.231. The van der Waals surface area contributed by atoms with Gasteiger partial charge in [0.2, 0.25) is 0 Å². The Morgan fingerprint density at radius 2 is 1.90 bits per heavy atom. The Morgan fingerprint density at radius 3 is 2.67 bits per heavy atom. The molecule has 0 radical (unpaired) electrons. The van der Waals surface area contributed by atoms with Crippen LogP contribution in [-0.2, 0) is 4.79 Å². The van der Waals surface area contributed by atoms with Gasteiger partial charge in [-0.15, -0.1) is 0 Å². The lowest BCUT2D eigenvalue weighted by atomic mass is 10.3. The number of ether oxygens (including phenoxy) is 1. The number of halogens is 3. The molecule has 0 aromatic heterocycles. The van der Waals surface area contributed by atoms with Gasteiger partial charge in [-0.05, 0) is 30.3 Å². The van der Waals surface area contributed by atoms with Crippen molar-refractivity contribution >= 4 is 52.1 Å². The Kier molecular flexibility index (Phi) is 5.17. The number of benzene rings is 2. The fraction of sp³-hybridized carbons (Fsp3) is 0.0714. The van der Waals surface area contributed by atoms with E-state index in [-0.39, 0.29) is 11.6 Å². The molecule has 0 saturated heterocycles. The van der Waals surface area contributed by atoms with E-state index in [4.69, 9.17) is 45.3 Å². The summed E-state index contributed by atoms with van der Waals surface area (Å²) in [5.74, 6) is -0.0588. The van der Waals surface area contributed by atoms with E-state index in [0.29, 0.717) is 27.2 Å². The molecule has 7 heteroatoms. The minimum atomic E-state index is -0.390. The van der Waals surface area contributed by atoms with Crippen molar-refractivity contribution in [1.82, 2.24) is 0 Å². The van der Waals surface area contributed by atoms with Gasteiger partial charge in [-0.3, -0.25) is 4.79 Å². The Hall–Kier alpha value is -1.62. The molecule has 3 N–H and O–H groups in total. The zero-order valence-electron chi connectivity index (χ0n) is 10.7. The van der Waals surface area contributed by atoms with Gasteiger partial charge in [0.15, 0.2) is 6.61 Å². The second-order valence-corrected chi connectivity index (χ2v) is 5.32. The maximum absolute atomic E-state index is 11.8. The minimum Gasteiger partial charge on any atom is -0.482 e. The summed E-state index contributed by atoms with van der Waals surface area (Å²) < 4.78 is 5.32. The van der Waals surface area contributed by atoms with Crippen molar-refractivity contribution in [1.29, 1.82) is 0 Å². The minimum absolute atomic E-state index is 0.231. The lowest BCUT2D eigenvalue weighted by molar-refractivity contribution is -0.118. The number of hydrogen-bond acceptors (Lipinski definition) is 3. The zero-order chi connectivity index (χ0) is 15.4. The Balaban J connectivity index is 1.99. The first-order chi connectivity index (χ1) is 9.97. The van der Waals surface area contributed by atoms with Crippen molar-refractivity contribution in [2.75, 3.05) is 17.7 Å². The van der Waals surface area contributed by atoms with Crippen molar-refractivity contribution in [3.63, 3.8) is 0 Å². The van der Waals surface area contributed by atoms with E-state index in [1.54, 1.807) is 36.4 Å². The number of nitrogens with one attached hydrogen (secondary N) is 1. The molecule has 0 aliphatic rings. The number of anilines is 2. The molecule has 21 heavy (non-hydrogen) atoms. The fourth-order valence-electron chi connectivity index (χ4n) is 1.56. The number of nitrogens with two attached hydrogens (primary N) is 1. The van der Waals surface area contributed by atoms with Gasteiger partial charge in [0.05, 0.1) is 15.7 Å². The summed E-state index contributed by atoms with van der Waals surface area (Å²) >= 11 is 17.8.